The summed E-state index contributed by atoms with van der Waals surface area (Å²) in [6.45, 7) is 6.24. The molecular weight excluding hydrogens is 274 g/mol. The minimum Gasteiger partial charge on any atom is -0.479 e. The molecule has 0 bridgehead atoms. The molecular formula is C14H25N3O4. The maximum Gasteiger partial charge on any atom is 0.329 e. The molecule has 1 fully saturated rings. The molecule has 0 aromatic carbocycles. The maximum absolute atomic E-state index is 12.3. The number of nitrogens with one attached hydrogen (secondary N) is 2. The van der Waals surface area contributed by atoms with E-state index in [0.717, 1.165) is 6.42 Å². The van der Waals surface area contributed by atoms with Crippen LogP contribution >= 0.6 is 0 Å². The average Bonchev–Trinajstić information content (AvgIpc) is 2.89. The van der Waals surface area contributed by atoms with Crippen molar-refractivity contribution in [3.63, 3.8) is 0 Å². The van der Waals surface area contributed by atoms with Gasteiger partial charge in [-0.2, -0.15) is 0 Å². The van der Waals surface area contributed by atoms with E-state index in [9.17, 15) is 19.5 Å². The minimum absolute atomic E-state index is 0.262. The van der Waals surface area contributed by atoms with Crippen molar-refractivity contribution in [1.82, 2.24) is 15.5 Å². The van der Waals surface area contributed by atoms with Gasteiger partial charge < -0.3 is 20.6 Å². The van der Waals surface area contributed by atoms with Crippen molar-refractivity contribution < 1.29 is 19.5 Å². The Hall–Kier alpha value is -1.79. The molecule has 120 valence electrons. The number of carboxylic acid groups (broad SMARTS) is 1. The van der Waals surface area contributed by atoms with E-state index in [4.69, 9.17) is 0 Å². The van der Waals surface area contributed by atoms with Gasteiger partial charge in [0.1, 0.15) is 11.6 Å². The third kappa shape index (κ3) is 3.65. The zero-order valence-corrected chi connectivity index (χ0v) is 12.9. The fourth-order valence-electron chi connectivity index (χ4n) is 2.65. The Morgan fingerprint density at radius 2 is 2.00 bits per heavy atom. The quantitative estimate of drug-likeness (QED) is 0.679. The number of likely N-dealkylation sites (tertiary alicyclic amines) is 1. The lowest BCUT2D eigenvalue weighted by atomic mass is 9.93. The highest BCUT2D eigenvalue weighted by molar-refractivity contribution is 5.90. The van der Waals surface area contributed by atoms with E-state index in [-0.39, 0.29) is 5.91 Å². The van der Waals surface area contributed by atoms with Gasteiger partial charge in [-0.15, -0.1) is 0 Å². The van der Waals surface area contributed by atoms with Crippen LogP contribution in [-0.4, -0.2) is 52.6 Å². The maximum atomic E-state index is 12.3. The van der Waals surface area contributed by atoms with Crippen LogP contribution in [0.2, 0.25) is 0 Å². The molecule has 1 rings (SSSR count). The van der Waals surface area contributed by atoms with Crippen molar-refractivity contribution in [1.29, 1.82) is 0 Å². The van der Waals surface area contributed by atoms with Crippen LogP contribution in [0.25, 0.3) is 0 Å². The van der Waals surface area contributed by atoms with Crippen molar-refractivity contribution in [2.45, 2.75) is 58.0 Å². The molecule has 1 saturated heterocycles. The van der Waals surface area contributed by atoms with Crippen LogP contribution in [0.4, 0.5) is 4.79 Å². The fourth-order valence-corrected chi connectivity index (χ4v) is 2.65. The van der Waals surface area contributed by atoms with Crippen molar-refractivity contribution in [3.8, 4) is 0 Å². The topological polar surface area (TPSA) is 98.7 Å². The highest BCUT2D eigenvalue weighted by Crippen LogP contribution is 2.32. The molecule has 3 N–H and O–H groups in total. The van der Waals surface area contributed by atoms with Crippen LogP contribution in [0, 0.1) is 0 Å². The standard InChI is InChI=1S/C14H25N3O4/c1-4-8-15-11(18)10(3)16-13(21)17-9-6-7-14(17,5-2)12(19)20/h10H,4-9H2,1-3H3,(H,15,18)(H,16,21)(H,19,20). The predicted molar refractivity (Wildman–Crippen MR) is 77.9 cm³/mol. The second kappa shape index (κ2) is 7.28. The summed E-state index contributed by atoms with van der Waals surface area (Å²) in [4.78, 5) is 36.9. The molecule has 0 aliphatic carbocycles. The molecule has 2 atom stereocenters. The molecule has 7 heteroatoms. The Morgan fingerprint density at radius 1 is 1.33 bits per heavy atom. The summed E-state index contributed by atoms with van der Waals surface area (Å²) >= 11 is 0. The van der Waals surface area contributed by atoms with Crippen LogP contribution in [-0.2, 0) is 9.59 Å². The van der Waals surface area contributed by atoms with Crippen LogP contribution < -0.4 is 10.6 Å². The number of nitrogens with zero attached hydrogens (tertiary/aromatic N) is 1. The van der Waals surface area contributed by atoms with Crippen LogP contribution in [0.5, 0.6) is 0 Å². The summed E-state index contributed by atoms with van der Waals surface area (Å²) in [5, 5.41) is 14.7. The van der Waals surface area contributed by atoms with Gasteiger partial charge in [0.15, 0.2) is 0 Å². The van der Waals surface area contributed by atoms with Gasteiger partial charge in [0.25, 0.3) is 0 Å². The highest BCUT2D eigenvalue weighted by atomic mass is 16.4. The van der Waals surface area contributed by atoms with Gasteiger partial charge in [0.2, 0.25) is 5.91 Å². The first kappa shape index (κ1) is 17.3. The van der Waals surface area contributed by atoms with Gasteiger partial charge in [-0.25, -0.2) is 9.59 Å². The van der Waals surface area contributed by atoms with Gasteiger partial charge in [-0.05, 0) is 32.6 Å². The van der Waals surface area contributed by atoms with E-state index >= 15 is 0 Å². The Morgan fingerprint density at radius 3 is 2.52 bits per heavy atom. The van der Waals surface area contributed by atoms with E-state index in [1.165, 1.54) is 4.90 Å². The number of carbonyl (C=O) groups excluding carboxylic acids is 2. The number of hydrogen-bond donors (Lipinski definition) is 3. The SMILES string of the molecule is CCCNC(=O)C(C)NC(=O)N1CCCC1(CC)C(=O)O. The zero-order chi connectivity index (χ0) is 16.0. The molecule has 1 aliphatic rings. The number of urea groups is 1. The molecule has 2 unspecified atom stereocenters. The summed E-state index contributed by atoms with van der Waals surface area (Å²) < 4.78 is 0. The normalized spacial score (nSPS) is 22.7. The minimum atomic E-state index is -1.15. The number of hydrogen-bond acceptors (Lipinski definition) is 3. The number of rotatable bonds is 6. The molecule has 21 heavy (non-hydrogen) atoms. The third-order valence-corrected chi connectivity index (χ3v) is 4.00. The fraction of sp³-hybridized carbons (Fsp3) is 0.786. The zero-order valence-electron chi connectivity index (χ0n) is 12.9. The Labute approximate surface area is 125 Å². The summed E-state index contributed by atoms with van der Waals surface area (Å²) in [6.07, 6.45) is 2.27. The lowest BCUT2D eigenvalue weighted by molar-refractivity contribution is -0.148. The number of carboxylic acids is 1. The van der Waals surface area contributed by atoms with E-state index in [0.29, 0.717) is 32.4 Å². The predicted octanol–water partition coefficient (Wildman–Crippen LogP) is 0.940. The van der Waals surface area contributed by atoms with Gasteiger partial charge in [0.05, 0.1) is 0 Å². The molecule has 3 amide bonds. The van der Waals surface area contributed by atoms with Gasteiger partial charge in [-0.3, -0.25) is 4.79 Å². The molecule has 0 aromatic heterocycles. The second-order valence-electron chi connectivity index (χ2n) is 5.41. The molecule has 7 nitrogen and oxygen atoms in total. The summed E-state index contributed by atoms with van der Waals surface area (Å²) in [5.74, 6) is -1.25. The lowest BCUT2D eigenvalue weighted by Gasteiger charge is -2.34. The van der Waals surface area contributed by atoms with Crippen molar-refractivity contribution >= 4 is 17.9 Å². The van der Waals surface area contributed by atoms with Crippen molar-refractivity contribution in [2.24, 2.45) is 0 Å². The summed E-state index contributed by atoms with van der Waals surface area (Å²) in [5.41, 5.74) is -1.15. The monoisotopic (exact) mass is 299 g/mol. The van der Waals surface area contributed by atoms with Crippen molar-refractivity contribution in [2.75, 3.05) is 13.1 Å². The number of carbonyl (C=O) groups is 3. The van der Waals surface area contributed by atoms with E-state index in [1.807, 2.05) is 6.92 Å². The van der Waals surface area contributed by atoms with Crippen LogP contribution in [0.1, 0.15) is 46.5 Å². The summed E-state index contributed by atoms with van der Waals surface area (Å²) in [7, 11) is 0. The highest BCUT2D eigenvalue weighted by Gasteiger charge is 2.48. The van der Waals surface area contributed by atoms with E-state index in [1.54, 1.807) is 13.8 Å². The molecule has 0 spiro atoms. The van der Waals surface area contributed by atoms with Crippen LogP contribution in [0.15, 0.2) is 0 Å². The Kier molecular flexibility index (Phi) is 5.99. The van der Waals surface area contributed by atoms with E-state index in [2.05, 4.69) is 10.6 Å². The third-order valence-electron chi connectivity index (χ3n) is 4.00. The van der Waals surface area contributed by atoms with E-state index < -0.39 is 23.6 Å². The first-order chi connectivity index (χ1) is 9.89. The average molecular weight is 299 g/mol. The molecule has 1 heterocycles. The molecule has 0 aromatic rings. The Balaban J connectivity index is 2.70. The molecule has 0 saturated carbocycles. The van der Waals surface area contributed by atoms with Gasteiger partial charge in [0, 0.05) is 13.1 Å². The number of aliphatic carboxylic acids is 1. The van der Waals surface area contributed by atoms with Gasteiger partial charge in [-0.1, -0.05) is 13.8 Å². The smallest absolute Gasteiger partial charge is 0.329 e. The van der Waals surface area contributed by atoms with Gasteiger partial charge >= 0.3 is 12.0 Å². The first-order valence-corrected chi connectivity index (χ1v) is 7.48. The van der Waals surface area contributed by atoms with Crippen LogP contribution in [0.3, 0.4) is 0 Å². The number of amides is 3. The Bertz CT molecular complexity index is 413. The summed E-state index contributed by atoms with van der Waals surface area (Å²) in [6, 6.07) is -1.18. The largest absolute Gasteiger partial charge is 0.479 e. The molecule has 1 aliphatic heterocycles. The lowest BCUT2D eigenvalue weighted by Crippen LogP contribution is -2.58. The first-order valence-electron chi connectivity index (χ1n) is 7.48. The molecule has 0 radical (unpaired) electrons. The second-order valence-corrected chi connectivity index (χ2v) is 5.41. The van der Waals surface area contributed by atoms with Crippen molar-refractivity contribution in [3.05, 3.63) is 0 Å².